The van der Waals surface area contributed by atoms with E-state index in [1.165, 1.54) is 32.1 Å². The highest BCUT2D eigenvalue weighted by Gasteiger charge is 2.17. The summed E-state index contributed by atoms with van der Waals surface area (Å²) >= 11 is 0. The molecule has 1 atom stereocenters. The van der Waals surface area contributed by atoms with E-state index in [0.717, 1.165) is 16.9 Å². The minimum atomic E-state index is -0.182. The minimum Gasteiger partial charge on any atom is -0.465 e. The topological polar surface area (TPSA) is 18.5 Å². The van der Waals surface area contributed by atoms with Crippen LogP contribution in [0.15, 0.2) is 30.8 Å². The first-order chi connectivity index (χ1) is 9.15. The Balaban J connectivity index is 1.83. The van der Waals surface area contributed by atoms with Crippen molar-refractivity contribution in [1.82, 2.24) is 0 Å². The molecule has 1 aromatic carbocycles. The maximum absolute atomic E-state index is 5.93. The van der Waals surface area contributed by atoms with Crippen molar-refractivity contribution in [3.63, 3.8) is 0 Å². The van der Waals surface area contributed by atoms with E-state index >= 15 is 0 Å². The molecule has 1 saturated carbocycles. The first-order valence-electron chi connectivity index (χ1n) is 7.23. The SMILES string of the molecule is C=C(C)c1ccc(OC(C)OC2CCCCC2)cc1. The van der Waals surface area contributed by atoms with Gasteiger partial charge in [-0.05, 0) is 44.4 Å². The Kier molecular flexibility index (Phi) is 5.03. The molecule has 0 aromatic heterocycles. The van der Waals surface area contributed by atoms with E-state index in [1.807, 2.05) is 38.1 Å². The quantitative estimate of drug-likeness (QED) is 0.708. The molecule has 2 heteroatoms. The smallest absolute Gasteiger partial charge is 0.197 e. The molecule has 0 saturated heterocycles. The lowest BCUT2D eigenvalue weighted by molar-refractivity contribution is -0.116. The Bertz CT molecular complexity index is 402. The molecule has 1 aliphatic carbocycles. The van der Waals surface area contributed by atoms with E-state index in [-0.39, 0.29) is 6.29 Å². The van der Waals surface area contributed by atoms with Gasteiger partial charge in [0.05, 0.1) is 6.10 Å². The maximum Gasteiger partial charge on any atom is 0.197 e. The lowest BCUT2D eigenvalue weighted by Crippen LogP contribution is -2.26. The summed E-state index contributed by atoms with van der Waals surface area (Å²) < 4.78 is 11.7. The van der Waals surface area contributed by atoms with Crippen LogP contribution < -0.4 is 4.74 Å². The molecule has 2 rings (SSSR count). The van der Waals surface area contributed by atoms with Crippen LogP contribution in [0.2, 0.25) is 0 Å². The molecule has 1 aromatic rings. The van der Waals surface area contributed by atoms with Crippen molar-refractivity contribution >= 4 is 5.57 Å². The second-order valence-corrected chi connectivity index (χ2v) is 5.39. The molecule has 0 spiro atoms. The Hall–Kier alpha value is -1.28. The summed E-state index contributed by atoms with van der Waals surface area (Å²) in [7, 11) is 0. The summed E-state index contributed by atoms with van der Waals surface area (Å²) in [6.45, 7) is 7.91. The van der Waals surface area contributed by atoms with Crippen LogP contribution in [0.3, 0.4) is 0 Å². The fourth-order valence-corrected chi connectivity index (χ4v) is 2.51. The lowest BCUT2D eigenvalue weighted by Gasteiger charge is -2.26. The second kappa shape index (κ2) is 6.76. The second-order valence-electron chi connectivity index (χ2n) is 5.39. The van der Waals surface area contributed by atoms with Gasteiger partial charge in [-0.3, -0.25) is 0 Å². The number of benzene rings is 1. The average molecular weight is 260 g/mol. The summed E-state index contributed by atoms with van der Waals surface area (Å²) in [5, 5.41) is 0. The molecule has 0 heterocycles. The molecule has 1 fully saturated rings. The van der Waals surface area contributed by atoms with Gasteiger partial charge >= 0.3 is 0 Å². The molecule has 2 nitrogen and oxygen atoms in total. The third-order valence-corrected chi connectivity index (χ3v) is 3.59. The van der Waals surface area contributed by atoms with Gasteiger partial charge in [-0.25, -0.2) is 0 Å². The third-order valence-electron chi connectivity index (χ3n) is 3.59. The predicted octanol–water partition coefficient (Wildman–Crippen LogP) is 4.79. The van der Waals surface area contributed by atoms with Crippen LogP contribution in [-0.2, 0) is 4.74 Å². The lowest BCUT2D eigenvalue weighted by atomic mass is 9.98. The van der Waals surface area contributed by atoms with E-state index in [9.17, 15) is 0 Å². The number of hydrogen-bond acceptors (Lipinski definition) is 2. The molecular formula is C17H24O2. The number of ether oxygens (including phenoxy) is 2. The van der Waals surface area contributed by atoms with Gasteiger partial charge in [-0.1, -0.05) is 43.5 Å². The third kappa shape index (κ3) is 4.39. The average Bonchev–Trinajstić information content (AvgIpc) is 2.40. The van der Waals surface area contributed by atoms with Crippen LogP contribution in [-0.4, -0.2) is 12.4 Å². The summed E-state index contributed by atoms with van der Waals surface area (Å²) in [4.78, 5) is 0. The highest BCUT2D eigenvalue weighted by Crippen LogP contribution is 2.23. The van der Waals surface area contributed by atoms with Crippen molar-refractivity contribution in [2.24, 2.45) is 0 Å². The van der Waals surface area contributed by atoms with Crippen LogP contribution in [0.1, 0.15) is 51.5 Å². The van der Waals surface area contributed by atoms with Gasteiger partial charge < -0.3 is 9.47 Å². The van der Waals surface area contributed by atoms with Crippen LogP contribution in [0.4, 0.5) is 0 Å². The van der Waals surface area contributed by atoms with Crippen LogP contribution >= 0.6 is 0 Å². The maximum atomic E-state index is 5.93. The van der Waals surface area contributed by atoms with E-state index < -0.39 is 0 Å². The number of rotatable bonds is 5. The highest BCUT2D eigenvalue weighted by atomic mass is 16.7. The van der Waals surface area contributed by atoms with Crippen LogP contribution in [0.5, 0.6) is 5.75 Å². The van der Waals surface area contributed by atoms with E-state index in [0.29, 0.717) is 6.10 Å². The van der Waals surface area contributed by atoms with Crippen molar-refractivity contribution in [2.75, 3.05) is 0 Å². The molecule has 1 unspecified atom stereocenters. The summed E-state index contributed by atoms with van der Waals surface area (Å²) in [5.41, 5.74) is 2.21. The number of hydrogen-bond donors (Lipinski definition) is 0. The Morgan fingerprint density at radius 1 is 1.16 bits per heavy atom. The fourth-order valence-electron chi connectivity index (χ4n) is 2.51. The molecule has 0 amide bonds. The Labute approximate surface area is 116 Å². The zero-order valence-corrected chi connectivity index (χ0v) is 12.0. The van der Waals surface area contributed by atoms with Gasteiger partial charge in [0, 0.05) is 0 Å². The van der Waals surface area contributed by atoms with E-state index in [4.69, 9.17) is 9.47 Å². The highest BCUT2D eigenvalue weighted by molar-refractivity contribution is 5.61. The van der Waals surface area contributed by atoms with Crippen molar-refractivity contribution in [3.05, 3.63) is 36.4 Å². The van der Waals surface area contributed by atoms with Crippen LogP contribution in [0, 0.1) is 0 Å². The zero-order chi connectivity index (χ0) is 13.7. The fraction of sp³-hybridized carbons (Fsp3) is 0.529. The largest absolute Gasteiger partial charge is 0.465 e. The summed E-state index contributed by atoms with van der Waals surface area (Å²) in [5.74, 6) is 0.855. The van der Waals surface area contributed by atoms with E-state index in [2.05, 4.69) is 6.58 Å². The van der Waals surface area contributed by atoms with Crippen molar-refractivity contribution < 1.29 is 9.47 Å². The first-order valence-corrected chi connectivity index (χ1v) is 7.23. The molecule has 0 radical (unpaired) electrons. The van der Waals surface area contributed by atoms with Crippen molar-refractivity contribution in [3.8, 4) is 5.75 Å². The Morgan fingerprint density at radius 3 is 2.37 bits per heavy atom. The monoisotopic (exact) mass is 260 g/mol. The molecule has 1 aliphatic rings. The molecule has 19 heavy (non-hydrogen) atoms. The zero-order valence-electron chi connectivity index (χ0n) is 12.0. The van der Waals surface area contributed by atoms with E-state index in [1.54, 1.807) is 0 Å². The number of allylic oxidation sites excluding steroid dienone is 1. The molecule has 0 N–H and O–H groups in total. The van der Waals surface area contributed by atoms with Crippen LogP contribution in [0.25, 0.3) is 5.57 Å². The molecule has 0 aliphatic heterocycles. The van der Waals surface area contributed by atoms with Gasteiger partial charge in [-0.2, -0.15) is 0 Å². The van der Waals surface area contributed by atoms with Crippen molar-refractivity contribution in [1.29, 1.82) is 0 Å². The Morgan fingerprint density at radius 2 is 1.79 bits per heavy atom. The molecule has 104 valence electrons. The predicted molar refractivity (Wildman–Crippen MR) is 79.2 cm³/mol. The normalized spacial score (nSPS) is 18.0. The molecule has 0 bridgehead atoms. The van der Waals surface area contributed by atoms with Gasteiger partial charge in [0.15, 0.2) is 6.29 Å². The molecular weight excluding hydrogens is 236 g/mol. The summed E-state index contributed by atoms with van der Waals surface area (Å²) in [6.07, 6.45) is 6.44. The van der Waals surface area contributed by atoms with Gasteiger partial charge in [-0.15, -0.1) is 0 Å². The van der Waals surface area contributed by atoms with Gasteiger partial charge in [0.2, 0.25) is 0 Å². The summed E-state index contributed by atoms with van der Waals surface area (Å²) in [6, 6.07) is 8.02. The first kappa shape index (κ1) is 14.1. The minimum absolute atomic E-state index is 0.182. The van der Waals surface area contributed by atoms with Crippen molar-refractivity contribution in [2.45, 2.75) is 58.3 Å². The van der Waals surface area contributed by atoms with Gasteiger partial charge in [0.25, 0.3) is 0 Å². The van der Waals surface area contributed by atoms with Gasteiger partial charge in [0.1, 0.15) is 5.75 Å². The standard InChI is InChI=1S/C17H24O2/c1-13(2)15-9-11-17(12-10-15)19-14(3)18-16-7-5-4-6-8-16/h9-12,14,16H,1,4-8H2,2-3H3.